The number of fused-ring (bicyclic) bond motifs is 7. The molecule has 4 aliphatic carbocycles. The average Bonchev–Trinajstić information content (AvgIpc) is 3.21. The van der Waals surface area contributed by atoms with Gasteiger partial charge in [0.2, 0.25) is 0 Å². The Morgan fingerprint density at radius 1 is 0.909 bits per heavy atom. The van der Waals surface area contributed by atoms with Crippen LogP contribution in [0.3, 0.4) is 0 Å². The van der Waals surface area contributed by atoms with E-state index in [1.165, 1.54) is 44.9 Å². The second-order valence-corrected chi connectivity index (χ2v) is 13.7. The van der Waals surface area contributed by atoms with Crippen LogP contribution in [0.25, 0.3) is 0 Å². The number of hydrogen-bond donors (Lipinski definition) is 0. The van der Waals surface area contributed by atoms with E-state index in [0.717, 1.165) is 49.5 Å². The summed E-state index contributed by atoms with van der Waals surface area (Å²) in [5.41, 5.74) is 0.828. The van der Waals surface area contributed by atoms with E-state index in [4.69, 9.17) is 14.2 Å². The van der Waals surface area contributed by atoms with Gasteiger partial charge >= 0.3 is 5.97 Å². The van der Waals surface area contributed by atoms with Gasteiger partial charge in [-0.25, -0.2) is 0 Å². The minimum atomic E-state index is -0.300. The summed E-state index contributed by atoms with van der Waals surface area (Å²) in [6, 6.07) is 0. The van der Waals surface area contributed by atoms with Gasteiger partial charge in [0.1, 0.15) is 6.10 Å². The zero-order valence-electron chi connectivity index (χ0n) is 21.6. The Kier molecular flexibility index (Phi) is 5.32. The molecule has 0 N–H and O–H groups in total. The zero-order valence-corrected chi connectivity index (χ0v) is 21.6. The van der Waals surface area contributed by atoms with E-state index in [2.05, 4.69) is 27.7 Å². The summed E-state index contributed by atoms with van der Waals surface area (Å²) < 4.78 is 19.1. The predicted octanol–water partition coefficient (Wildman–Crippen LogP) is 6.36. The zero-order chi connectivity index (χ0) is 23.2. The Morgan fingerprint density at radius 2 is 1.70 bits per heavy atom. The number of carbonyl (C=O) groups is 1. The SMILES string of the molecule is CC(=O)O[C@H]1CC[C@@]2(C)[C@@H](CC[C@@H]3[C@@H]2CC[C@]2(C)[C@@H]4[C@H](C[C@@H]32)O[C@@]2(CC[C@@H](C)CO2)[C@@H]4C)C1. The topological polar surface area (TPSA) is 44.8 Å². The molecule has 2 aliphatic heterocycles. The lowest BCUT2D eigenvalue weighted by Crippen LogP contribution is -2.55. The summed E-state index contributed by atoms with van der Waals surface area (Å²) >= 11 is 0. The number of rotatable bonds is 1. The van der Waals surface area contributed by atoms with Crippen LogP contribution in [0, 0.1) is 52.3 Å². The fourth-order valence-electron chi connectivity index (χ4n) is 10.6. The van der Waals surface area contributed by atoms with Crippen LogP contribution in [0.1, 0.15) is 98.8 Å². The first kappa shape index (κ1) is 22.8. The Bertz CT molecular complexity index is 786. The number of hydrogen-bond acceptors (Lipinski definition) is 4. The Labute approximate surface area is 200 Å². The molecule has 1 spiro atoms. The van der Waals surface area contributed by atoms with Crippen LogP contribution in [0.15, 0.2) is 0 Å². The molecule has 0 amide bonds. The first-order chi connectivity index (χ1) is 15.7. The molecule has 0 radical (unpaired) electrons. The molecule has 4 nitrogen and oxygen atoms in total. The van der Waals surface area contributed by atoms with Gasteiger partial charge in [-0.3, -0.25) is 4.79 Å². The summed E-state index contributed by atoms with van der Waals surface area (Å²) in [4.78, 5) is 11.5. The lowest BCUT2D eigenvalue weighted by atomic mass is 9.44. The van der Waals surface area contributed by atoms with Gasteiger partial charge in [-0.1, -0.05) is 27.7 Å². The van der Waals surface area contributed by atoms with Crippen molar-refractivity contribution in [1.82, 2.24) is 0 Å². The maximum Gasteiger partial charge on any atom is 0.302 e. The van der Waals surface area contributed by atoms with E-state index in [-0.39, 0.29) is 17.9 Å². The maximum absolute atomic E-state index is 11.5. The van der Waals surface area contributed by atoms with Crippen molar-refractivity contribution < 1.29 is 19.0 Å². The van der Waals surface area contributed by atoms with Crippen molar-refractivity contribution in [3.63, 3.8) is 0 Å². The molecule has 6 fully saturated rings. The smallest absolute Gasteiger partial charge is 0.302 e. The van der Waals surface area contributed by atoms with Crippen molar-refractivity contribution >= 4 is 5.97 Å². The molecule has 6 aliphatic rings. The van der Waals surface area contributed by atoms with Crippen molar-refractivity contribution in [3.05, 3.63) is 0 Å². The summed E-state index contributed by atoms with van der Waals surface area (Å²) in [6.45, 7) is 12.4. The molecule has 0 aromatic carbocycles. The van der Waals surface area contributed by atoms with Gasteiger partial charge < -0.3 is 14.2 Å². The molecule has 0 unspecified atom stereocenters. The third kappa shape index (κ3) is 3.25. The lowest BCUT2D eigenvalue weighted by Gasteiger charge is -2.61. The van der Waals surface area contributed by atoms with Crippen LogP contribution < -0.4 is 0 Å². The second-order valence-electron chi connectivity index (χ2n) is 13.7. The van der Waals surface area contributed by atoms with E-state index in [9.17, 15) is 4.79 Å². The third-order valence-corrected chi connectivity index (χ3v) is 12.2. The molecule has 2 saturated heterocycles. The van der Waals surface area contributed by atoms with E-state index in [1.807, 2.05) is 0 Å². The van der Waals surface area contributed by atoms with Crippen molar-refractivity contribution in [2.24, 2.45) is 52.3 Å². The van der Waals surface area contributed by atoms with Gasteiger partial charge in [-0.05, 0) is 104 Å². The summed E-state index contributed by atoms with van der Waals surface area (Å²) in [6.07, 6.45) is 12.9. The van der Waals surface area contributed by atoms with Crippen LogP contribution >= 0.6 is 0 Å². The van der Waals surface area contributed by atoms with Gasteiger partial charge in [-0.15, -0.1) is 0 Å². The van der Waals surface area contributed by atoms with Gasteiger partial charge in [0.05, 0.1) is 12.7 Å². The summed E-state index contributed by atoms with van der Waals surface area (Å²) in [5, 5.41) is 0. The highest BCUT2D eigenvalue weighted by Gasteiger charge is 2.69. The standard InChI is InChI=1S/C29H46O4/c1-17-8-13-29(31-16-17)18(2)26-25(33-29)15-24-22-7-6-20-14-21(32-19(3)30)9-11-27(20,4)23(22)10-12-28(24,26)5/h17-18,20-26H,6-16H2,1-5H3/t17-,18-,20+,21+,22-,23+,24+,25+,26+,27+,28+,29+/m1/s1. The van der Waals surface area contributed by atoms with Crippen LogP contribution in [-0.4, -0.2) is 30.6 Å². The van der Waals surface area contributed by atoms with Crippen LogP contribution in [0.4, 0.5) is 0 Å². The molecule has 4 heteroatoms. The van der Waals surface area contributed by atoms with Crippen molar-refractivity contribution in [1.29, 1.82) is 0 Å². The lowest BCUT2D eigenvalue weighted by molar-refractivity contribution is -0.273. The van der Waals surface area contributed by atoms with E-state index < -0.39 is 0 Å². The fourth-order valence-corrected chi connectivity index (χ4v) is 10.6. The predicted molar refractivity (Wildman–Crippen MR) is 127 cm³/mol. The molecule has 186 valence electrons. The van der Waals surface area contributed by atoms with E-state index in [1.54, 1.807) is 6.92 Å². The van der Waals surface area contributed by atoms with Crippen molar-refractivity contribution in [2.75, 3.05) is 6.61 Å². The number of ether oxygens (including phenoxy) is 3. The number of esters is 1. The highest BCUT2D eigenvalue weighted by atomic mass is 16.7. The molecule has 4 saturated carbocycles. The van der Waals surface area contributed by atoms with Gasteiger partial charge in [0, 0.05) is 19.3 Å². The highest BCUT2D eigenvalue weighted by molar-refractivity contribution is 5.66. The van der Waals surface area contributed by atoms with E-state index in [0.29, 0.717) is 34.7 Å². The maximum atomic E-state index is 11.5. The quantitative estimate of drug-likeness (QED) is 0.429. The van der Waals surface area contributed by atoms with Crippen LogP contribution in [-0.2, 0) is 19.0 Å². The highest BCUT2D eigenvalue weighted by Crippen LogP contribution is 2.71. The monoisotopic (exact) mass is 458 g/mol. The minimum absolute atomic E-state index is 0.105. The van der Waals surface area contributed by atoms with Gasteiger partial charge in [0.25, 0.3) is 0 Å². The van der Waals surface area contributed by atoms with Crippen molar-refractivity contribution in [2.45, 2.75) is 117 Å². The third-order valence-electron chi connectivity index (χ3n) is 12.2. The second kappa shape index (κ2) is 7.69. The molecular formula is C29H46O4. The largest absolute Gasteiger partial charge is 0.463 e. The van der Waals surface area contributed by atoms with Crippen LogP contribution in [0.2, 0.25) is 0 Å². The molecular weight excluding hydrogens is 412 g/mol. The molecule has 0 aromatic heterocycles. The first-order valence-electron chi connectivity index (χ1n) is 14.2. The molecule has 6 rings (SSSR count). The van der Waals surface area contributed by atoms with E-state index >= 15 is 0 Å². The average molecular weight is 459 g/mol. The normalized spacial score (nSPS) is 57.7. The molecule has 33 heavy (non-hydrogen) atoms. The van der Waals surface area contributed by atoms with Crippen molar-refractivity contribution in [3.8, 4) is 0 Å². The molecule has 0 bridgehead atoms. The molecule has 2 heterocycles. The fraction of sp³-hybridized carbons (Fsp3) is 0.966. The first-order valence-corrected chi connectivity index (χ1v) is 14.2. The Hall–Kier alpha value is -0.610. The van der Waals surface area contributed by atoms with Crippen LogP contribution in [0.5, 0.6) is 0 Å². The minimum Gasteiger partial charge on any atom is -0.463 e. The molecule has 0 aromatic rings. The molecule has 12 atom stereocenters. The Morgan fingerprint density at radius 3 is 2.42 bits per heavy atom. The van der Waals surface area contributed by atoms with Gasteiger partial charge in [-0.2, -0.15) is 0 Å². The van der Waals surface area contributed by atoms with Gasteiger partial charge in [0.15, 0.2) is 5.79 Å². The number of carbonyl (C=O) groups excluding carboxylic acids is 1. The summed E-state index contributed by atoms with van der Waals surface area (Å²) in [7, 11) is 0. The Balaban J connectivity index is 1.21. The summed E-state index contributed by atoms with van der Waals surface area (Å²) in [5.74, 6) is 4.63.